The molecular formula is C10H15N3O6. The van der Waals surface area contributed by atoms with Crippen molar-refractivity contribution in [1.29, 1.82) is 0 Å². The standard InChI is InChI=1S/C10H15N3O6/c1-10(7(16)6(15)5(3-14)19-10)13-2-4(11)8(17)12-9(13)18/h2,5-7,14-16H,3,11H2,1H3,(H,12,17,18)/t5-,6-,7-,10-/m1/s1. The molecule has 2 heterocycles. The number of aliphatic hydroxyl groups excluding tert-OH is 3. The fourth-order valence-corrected chi connectivity index (χ4v) is 2.13. The summed E-state index contributed by atoms with van der Waals surface area (Å²) in [5.41, 5.74) is 1.94. The lowest BCUT2D eigenvalue weighted by Gasteiger charge is -2.29. The Morgan fingerprint density at radius 1 is 1.53 bits per heavy atom. The molecule has 9 heteroatoms. The molecule has 1 aromatic heterocycles. The topological polar surface area (TPSA) is 151 Å². The summed E-state index contributed by atoms with van der Waals surface area (Å²) in [6.07, 6.45) is -2.85. The summed E-state index contributed by atoms with van der Waals surface area (Å²) in [5.74, 6) is 0. The molecule has 0 aliphatic carbocycles. The van der Waals surface area contributed by atoms with Gasteiger partial charge in [0.1, 0.15) is 24.0 Å². The van der Waals surface area contributed by atoms with Crippen molar-refractivity contribution in [3.8, 4) is 0 Å². The van der Waals surface area contributed by atoms with Crippen molar-refractivity contribution in [2.24, 2.45) is 0 Å². The Hall–Kier alpha value is -1.68. The Kier molecular flexibility index (Phi) is 3.22. The van der Waals surface area contributed by atoms with E-state index in [0.717, 1.165) is 10.8 Å². The zero-order valence-electron chi connectivity index (χ0n) is 10.1. The number of nitrogen functional groups attached to an aromatic ring is 1. The van der Waals surface area contributed by atoms with Crippen LogP contribution in [-0.4, -0.2) is 49.8 Å². The van der Waals surface area contributed by atoms with E-state index >= 15 is 0 Å². The van der Waals surface area contributed by atoms with E-state index in [1.807, 2.05) is 4.98 Å². The van der Waals surface area contributed by atoms with Gasteiger partial charge in [-0.2, -0.15) is 0 Å². The van der Waals surface area contributed by atoms with Crippen LogP contribution in [0, 0.1) is 0 Å². The van der Waals surface area contributed by atoms with Crippen LogP contribution in [-0.2, 0) is 10.5 Å². The van der Waals surface area contributed by atoms with Gasteiger partial charge >= 0.3 is 5.69 Å². The van der Waals surface area contributed by atoms with Gasteiger partial charge in [0.05, 0.1) is 6.61 Å². The van der Waals surface area contributed by atoms with Gasteiger partial charge in [-0.15, -0.1) is 0 Å². The minimum Gasteiger partial charge on any atom is -0.394 e. The maximum atomic E-state index is 11.7. The third kappa shape index (κ3) is 1.96. The highest BCUT2D eigenvalue weighted by Gasteiger charge is 2.52. The molecule has 19 heavy (non-hydrogen) atoms. The minimum absolute atomic E-state index is 0.237. The Balaban J connectivity index is 2.55. The highest BCUT2D eigenvalue weighted by atomic mass is 16.6. The fourth-order valence-electron chi connectivity index (χ4n) is 2.13. The molecule has 106 valence electrons. The zero-order valence-corrected chi connectivity index (χ0v) is 10.1. The average molecular weight is 273 g/mol. The summed E-state index contributed by atoms with van der Waals surface area (Å²) < 4.78 is 6.20. The number of aliphatic hydroxyl groups is 3. The SMILES string of the molecule is C[C@@]1(n2cc(N)c(=O)[nH]c2=O)O[C@H](CO)[C@@H](O)[C@H]1O. The van der Waals surface area contributed by atoms with E-state index in [1.54, 1.807) is 0 Å². The van der Waals surface area contributed by atoms with Crippen LogP contribution in [0.15, 0.2) is 15.8 Å². The molecule has 0 spiro atoms. The van der Waals surface area contributed by atoms with Crippen molar-refractivity contribution in [1.82, 2.24) is 9.55 Å². The first kappa shape index (κ1) is 13.7. The van der Waals surface area contributed by atoms with Crippen LogP contribution in [0.5, 0.6) is 0 Å². The highest BCUT2D eigenvalue weighted by molar-refractivity contribution is 5.30. The number of ether oxygens (including phenoxy) is 1. The second kappa shape index (κ2) is 4.46. The lowest BCUT2D eigenvalue weighted by atomic mass is 10.0. The molecular weight excluding hydrogens is 258 g/mol. The van der Waals surface area contributed by atoms with E-state index in [0.29, 0.717) is 0 Å². The molecule has 1 aromatic rings. The number of aromatic amines is 1. The molecule has 0 saturated carbocycles. The highest BCUT2D eigenvalue weighted by Crippen LogP contribution is 2.34. The van der Waals surface area contributed by atoms with E-state index in [4.69, 9.17) is 15.6 Å². The van der Waals surface area contributed by atoms with Gasteiger partial charge in [-0.3, -0.25) is 14.3 Å². The molecule has 0 radical (unpaired) electrons. The van der Waals surface area contributed by atoms with Crippen molar-refractivity contribution >= 4 is 5.69 Å². The first-order valence-electron chi connectivity index (χ1n) is 5.58. The third-order valence-corrected chi connectivity index (χ3v) is 3.27. The molecule has 1 aliphatic heterocycles. The number of hydrogen-bond donors (Lipinski definition) is 5. The molecule has 1 aliphatic rings. The van der Waals surface area contributed by atoms with Crippen LogP contribution < -0.4 is 17.0 Å². The van der Waals surface area contributed by atoms with Crippen molar-refractivity contribution in [3.05, 3.63) is 27.0 Å². The van der Waals surface area contributed by atoms with Gasteiger partial charge in [0, 0.05) is 6.20 Å². The number of nitrogens with one attached hydrogen (secondary N) is 1. The van der Waals surface area contributed by atoms with Gasteiger partial charge in [0.2, 0.25) is 0 Å². The van der Waals surface area contributed by atoms with Gasteiger partial charge in [0.25, 0.3) is 5.56 Å². The Labute approximate surface area is 106 Å². The quantitative estimate of drug-likeness (QED) is 0.383. The molecule has 0 unspecified atom stereocenters. The number of H-pyrrole nitrogens is 1. The maximum Gasteiger partial charge on any atom is 0.330 e. The number of rotatable bonds is 2. The summed E-state index contributed by atoms with van der Waals surface area (Å²) in [7, 11) is 0. The van der Waals surface area contributed by atoms with E-state index < -0.39 is 41.9 Å². The first-order valence-corrected chi connectivity index (χ1v) is 5.58. The van der Waals surface area contributed by atoms with Crippen LogP contribution >= 0.6 is 0 Å². The molecule has 4 atom stereocenters. The summed E-state index contributed by atoms with van der Waals surface area (Å²) >= 11 is 0. The Morgan fingerprint density at radius 2 is 2.16 bits per heavy atom. The monoisotopic (exact) mass is 273 g/mol. The molecule has 1 fully saturated rings. The van der Waals surface area contributed by atoms with E-state index in [9.17, 15) is 19.8 Å². The summed E-state index contributed by atoms with van der Waals surface area (Å²) in [5, 5.41) is 28.7. The van der Waals surface area contributed by atoms with E-state index in [2.05, 4.69) is 0 Å². The number of anilines is 1. The molecule has 6 N–H and O–H groups in total. The molecule has 1 saturated heterocycles. The van der Waals surface area contributed by atoms with Crippen LogP contribution in [0.3, 0.4) is 0 Å². The predicted molar refractivity (Wildman–Crippen MR) is 63.4 cm³/mol. The molecule has 0 aromatic carbocycles. The molecule has 0 amide bonds. The van der Waals surface area contributed by atoms with Crippen molar-refractivity contribution in [3.63, 3.8) is 0 Å². The normalized spacial score (nSPS) is 34.6. The van der Waals surface area contributed by atoms with Gasteiger partial charge in [0.15, 0.2) is 5.72 Å². The van der Waals surface area contributed by atoms with Gasteiger partial charge in [-0.25, -0.2) is 4.79 Å². The van der Waals surface area contributed by atoms with E-state index in [-0.39, 0.29) is 5.69 Å². The van der Waals surface area contributed by atoms with Crippen LogP contribution in [0.25, 0.3) is 0 Å². The summed E-state index contributed by atoms with van der Waals surface area (Å²) in [4.78, 5) is 24.9. The lowest BCUT2D eigenvalue weighted by Crippen LogP contribution is -2.49. The van der Waals surface area contributed by atoms with Crippen LogP contribution in [0.4, 0.5) is 5.69 Å². The second-order valence-corrected chi connectivity index (χ2v) is 4.54. The number of aromatic nitrogens is 2. The second-order valence-electron chi connectivity index (χ2n) is 4.54. The minimum atomic E-state index is -1.64. The van der Waals surface area contributed by atoms with Crippen LogP contribution in [0.1, 0.15) is 6.92 Å². The van der Waals surface area contributed by atoms with Crippen LogP contribution in [0.2, 0.25) is 0 Å². The van der Waals surface area contributed by atoms with E-state index in [1.165, 1.54) is 6.92 Å². The fraction of sp³-hybridized carbons (Fsp3) is 0.600. The Bertz CT molecular complexity index is 596. The van der Waals surface area contributed by atoms with Crippen molar-refractivity contribution in [2.45, 2.75) is 31.0 Å². The third-order valence-electron chi connectivity index (χ3n) is 3.27. The smallest absolute Gasteiger partial charge is 0.330 e. The number of hydrogen-bond acceptors (Lipinski definition) is 7. The zero-order chi connectivity index (χ0) is 14.4. The van der Waals surface area contributed by atoms with Crippen molar-refractivity contribution < 1.29 is 20.1 Å². The molecule has 9 nitrogen and oxygen atoms in total. The predicted octanol–water partition coefficient (Wildman–Crippen LogP) is -3.10. The van der Waals surface area contributed by atoms with Gasteiger partial charge in [-0.1, -0.05) is 0 Å². The largest absolute Gasteiger partial charge is 0.394 e. The Morgan fingerprint density at radius 3 is 2.68 bits per heavy atom. The molecule has 0 bridgehead atoms. The van der Waals surface area contributed by atoms with Gasteiger partial charge < -0.3 is 25.8 Å². The van der Waals surface area contributed by atoms with Gasteiger partial charge in [-0.05, 0) is 6.92 Å². The number of nitrogens with zero attached hydrogens (tertiary/aromatic N) is 1. The summed E-state index contributed by atoms with van der Waals surface area (Å²) in [6, 6.07) is 0. The van der Waals surface area contributed by atoms with Crippen molar-refractivity contribution in [2.75, 3.05) is 12.3 Å². The summed E-state index contributed by atoms with van der Waals surface area (Å²) in [6.45, 7) is 0.817. The lowest BCUT2D eigenvalue weighted by molar-refractivity contribution is -0.137. The molecule has 2 rings (SSSR count). The maximum absolute atomic E-state index is 11.7. The average Bonchev–Trinajstić information content (AvgIpc) is 2.59. The first-order chi connectivity index (χ1) is 8.81. The number of nitrogens with two attached hydrogens (primary N) is 1.